The number of aryl methyl sites for hydroxylation is 1. The van der Waals surface area contributed by atoms with Gasteiger partial charge in [-0.05, 0) is 75.0 Å². The molecule has 4 rings (SSSR count). The minimum Gasteiger partial charge on any atom is -0.398 e. The first-order valence-electron chi connectivity index (χ1n) is 11.1. The fraction of sp³-hybridized carbons (Fsp3) is 0.269. The molecule has 0 bridgehead atoms. The van der Waals surface area contributed by atoms with Crippen molar-refractivity contribution in [3.05, 3.63) is 79.0 Å². The number of nitrogens with one attached hydrogen (secondary N) is 2. The van der Waals surface area contributed by atoms with E-state index in [1.165, 1.54) is 6.07 Å². The normalized spacial score (nSPS) is 14.8. The second-order valence-electron chi connectivity index (χ2n) is 8.70. The smallest absolute Gasteiger partial charge is 0.133 e. The lowest BCUT2D eigenvalue weighted by Gasteiger charge is -2.30. The summed E-state index contributed by atoms with van der Waals surface area (Å²) < 4.78 is 16.2. The zero-order valence-corrected chi connectivity index (χ0v) is 19.2. The van der Waals surface area contributed by atoms with Crippen molar-refractivity contribution in [2.75, 3.05) is 36.5 Å². The van der Waals surface area contributed by atoms with Crippen LogP contribution in [-0.2, 0) is 7.05 Å². The maximum Gasteiger partial charge on any atom is 0.133 e. The van der Waals surface area contributed by atoms with Crippen LogP contribution < -0.4 is 16.4 Å². The molecule has 3 aromatic rings. The average molecular weight is 447 g/mol. The summed E-state index contributed by atoms with van der Waals surface area (Å²) in [5.41, 5.74) is 11.4. The minimum atomic E-state index is -0.400. The molecule has 4 N–H and O–H groups in total. The van der Waals surface area contributed by atoms with Gasteiger partial charge in [-0.3, -0.25) is 4.68 Å². The van der Waals surface area contributed by atoms with Crippen molar-refractivity contribution in [2.45, 2.75) is 18.9 Å². The number of allylic oxidation sites excluding steroid dienone is 1. The predicted molar refractivity (Wildman–Crippen MR) is 135 cm³/mol. The molecule has 0 aliphatic carbocycles. The molecule has 7 heteroatoms. The van der Waals surface area contributed by atoms with Crippen LogP contribution in [-0.4, -0.2) is 40.9 Å². The highest BCUT2D eigenvalue weighted by molar-refractivity contribution is 5.88. The van der Waals surface area contributed by atoms with Gasteiger partial charge in [-0.1, -0.05) is 13.2 Å². The van der Waals surface area contributed by atoms with Gasteiger partial charge in [0.2, 0.25) is 0 Å². The van der Waals surface area contributed by atoms with Gasteiger partial charge in [0.1, 0.15) is 5.82 Å². The van der Waals surface area contributed by atoms with E-state index in [1.54, 1.807) is 30.2 Å². The van der Waals surface area contributed by atoms with Crippen LogP contribution in [0.25, 0.3) is 16.7 Å². The van der Waals surface area contributed by atoms with Gasteiger partial charge >= 0.3 is 0 Å². The molecular weight excluding hydrogens is 415 g/mol. The summed E-state index contributed by atoms with van der Waals surface area (Å²) in [7, 11) is 3.95. The van der Waals surface area contributed by atoms with E-state index >= 15 is 0 Å². The maximum atomic E-state index is 14.6. The van der Waals surface area contributed by atoms with Crippen LogP contribution >= 0.6 is 0 Å². The third-order valence-corrected chi connectivity index (χ3v) is 6.11. The van der Waals surface area contributed by atoms with E-state index in [-0.39, 0.29) is 0 Å². The maximum absolute atomic E-state index is 14.6. The Bertz CT molecular complexity index is 1160. The van der Waals surface area contributed by atoms with Gasteiger partial charge in [0.15, 0.2) is 0 Å². The van der Waals surface area contributed by atoms with Crippen LogP contribution in [0.15, 0.2) is 67.6 Å². The van der Waals surface area contributed by atoms with Gasteiger partial charge in [0.05, 0.1) is 6.20 Å². The molecule has 0 saturated carbocycles. The van der Waals surface area contributed by atoms with Crippen LogP contribution in [0, 0.1) is 5.82 Å². The lowest BCUT2D eigenvalue weighted by Crippen LogP contribution is -2.36. The molecule has 2 heterocycles. The molecule has 33 heavy (non-hydrogen) atoms. The Labute approximate surface area is 194 Å². The summed E-state index contributed by atoms with van der Waals surface area (Å²) >= 11 is 0. The molecule has 1 aliphatic heterocycles. The number of nitrogens with two attached hydrogens (primary N) is 1. The second-order valence-corrected chi connectivity index (χ2v) is 8.70. The topological polar surface area (TPSA) is 71.1 Å². The van der Waals surface area contributed by atoms with Crippen molar-refractivity contribution >= 4 is 22.6 Å². The van der Waals surface area contributed by atoms with Gasteiger partial charge in [0.25, 0.3) is 0 Å². The molecule has 0 radical (unpaired) electrons. The molecule has 0 amide bonds. The summed E-state index contributed by atoms with van der Waals surface area (Å²) in [5, 5.41) is 11.0. The molecule has 1 aliphatic rings. The third kappa shape index (κ3) is 5.26. The van der Waals surface area contributed by atoms with Crippen molar-refractivity contribution in [3.63, 3.8) is 0 Å². The van der Waals surface area contributed by atoms with Crippen LogP contribution in [0.3, 0.4) is 0 Å². The van der Waals surface area contributed by atoms with Gasteiger partial charge < -0.3 is 21.3 Å². The molecule has 6 nitrogen and oxygen atoms in total. The number of hydrogen-bond acceptors (Lipinski definition) is 5. The number of halogens is 1. The van der Waals surface area contributed by atoms with Crippen molar-refractivity contribution in [2.24, 2.45) is 7.05 Å². The second kappa shape index (κ2) is 9.50. The number of benzene rings is 2. The number of hydrogen-bond donors (Lipinski definition) is 3. The number of nitrogen functional groups attached to an aromatic ring is 1. The van der Waals surface area contributed by atoms with E-state index in [2.05, 4.69) is 53.0 Å². The van der Waals surface area contributed by atoms with Crippen molar-refractivity contribution < 1.29 is 4.39 Å². The summed E-state index contributed by atoms with van der Waals surface area (Å²) in [4.78, 5) is 2.36. The first kappa shape index (κ1) is 22.6. The van der Waals surface area contributed by atoms with E-state index in [9.17, 15) is 4.39 Å². The Kier molecular flexibility index (Phi) is 6.51. The molecule has 0 unspecified atom stereocenters. The first-order valence-corrected chi connectivity index (χ1v) is 11.1. The molecule has 0 spiro atoms. The summed E-state index contributed by atoms with van der Waals surface area (Å²) in [6.07, 6.45) is 5.67. The van der Waals surface area contributed by atoms with Crippen LogP contribution in [0.2, 0.25) is 0 Å². The lowest BCUT2D eigenvalue weighted by molar-refractivity contribution is 0.264. The average Bonchev–Trinajstić information content (AvgIpc) is 3.22. The summed E-state index contributed by atoms with van der Waals surface area (Å²) in [6.45, 7) is 10.5. The van der Waals surface area contributed by atoms with Gasteiger partial charge in [-0.2, -0.15) is 5.10 Å². The molecule has 172 valence electrons. The number of rotatable bonds is 7. The quantitative estimate of drug-likeness (QED) is 0.354. The monoisotopic (exact) mass is 446 g/mol. The van der Waals surface area contributed by atoms with Crippen molar-refractivity contribution in [3.8, 4) is 11.1 Å². The largest absolute Gasteiger partial charge is 0.398 e. The van der Waals surface area contributed by atoms with E-state index in [4.69, 9.17) is 5.73 Å². The molecule has 1 fully saturated rings. The highest BCUT2D eigenvalue weighted by atomic mass is 19.1. The Balaban J connectivity index is 1.44. The van der Waals surface area contributed by atoms with E-state index < -0.39 is 5.82 Å². The Morgan fingerprint density at radius 2 is 1.76 bits per heavy atom. The van der Waals surface area contributed by atoms with Gasteiger partial charge in [-0.25, -0.2) is 4.39 Å². The Morgan fingerprint density at radius 1 is 1.09 bits per heavy atom. The minimum absolute atomic E-state index is 0.311. The third-order valence-electron chi connectivity index (χ3n) is 6.11. The number of aromatic nitrogens is 2. The SMILES string of the molecule is C=C(Nc1ccc(NC2CCN(C)CC2)cc1)C(=C)c1cc(-c2cnn(C)c2)c(F)cc1N. The zero-order valence-electron chi connectivity index (χ0n) is 19.2. The predicted octanol–water partition coefficient (Wildman–Crippen LogP) is 4.95. The summed E-state index contributed by atoms with van der Waals surface area (Å²) in [5.74, 6) is -0.400. The zero-order chi connectivity index (χ0) is 23.5. The highest BCUT2D eigenvalue weighted by Gasteiger charge is 2.17. The lowest BCUT2D eigenvalue weighted by atomic mass is 9.97. The molecule has 2 aromatic carbocycles. The first-order chi connectivity index (χ1) is 15.8. The van der Waals surface area contributed by atoms with Crippen LogP contribution in [0.1, 0.15) is 18.4 Å². The number of piperidine rings is 1. The highest BCUT2D eigenvalue weighted by Crippen LogP contribution is 2.33. The molecule has 1 aromatic heterocycles. The van der Waals surface area contributed by atoms with Crippen molar-refractivity contribution in [1.82, 2.24) is 14.7 Å². The molecule has 0 atom stereocenters. The van der Waals surface area contributed by atoms with Gasteiger partial charge in [0, 0.05) is 58.7 Å². The number of nitrogens with zero attached hydrogens (tertiary/aromatic N) is 3. The van der Waals surface area contributed by atoms with E-state index in [0.29, 0.717) is 39.7 Å². The van der Waals surface area contributed by atoms with Crippen LogP contribution in [0.4, 0.5) is 21.5 Å². The summed E-state index contributed by atoms with van der Waals surface area (Å²) in [6, 6.07) is 11.7. The Hall–Kier alpha value is -3.58. The number of anilines is 3. The Morgan fingerprint density at radius 3 is 2.39 bits per heavy atom. The van der Waals surface area contributed by atoms with E-state index in [0.717, 1.165) is 37.3 Å². The van der Waals surface area contributed by atoms with E-state index in [1.807, 2.05) is 12.1 Å². The molecule has 1 saturated heterocycles. The van der Waals surface area contributed by atoms with Gasteiger partial charge in [-0.15, -0.1) is 0 Å². The van der Waals surface area contributed by atoms with Crippen molar-refractivity contribution in [1.29, 1.82) is 0 Å². The molecular formula is C26H31FN6. The standard InChI is InChI=1S/C26H31FN6/c1-17(23-13-24(25(27)14-26(23)28)19-15-29-33(4)16-19)18(2)30-20-5-7-21(8-6-20)31-22-9-11-32(3)12-10-22/h5-8,13-16,22,30-31H,1-2,9-12,28H2,3-4H3. The van der Waals surface area contributed by atoms with Crippen LogP contribution in [0.5, 0.6) is 0 Å². The number of likely N-dealkylation sites (tertiary alicyclic amines) is 1. The fourth-order valence-corrected chi connectivity index (χ4v) is 4.08. The fourth-order valence-electron chi connectivity index (χ4n) is 4.08.